The fourth-order valence-electron chi connectivity index (χ4n) is 0.912. The Bertz CT molecular complexity index is 400. The van der Waals surface area contributed by atoms with E-state index in [0.717, 1.165) is 0 Å². The Balaban J connectivity index is -0.000000130. The molecule has 0 aromatic heterocycles. The maximum atomic E-state index is 10.3. The Morgan fingerprint density at radius 1 is 0.520 bits per heavy atom. The Labute approximate surface area is 157 Å². The number of ketones is 3. The molecule has 0 heterocycles. The van der Waals surface area contributed by atoms with Crippen LogP contribution in [0.3, 0.4) is 0 Å². The fraction of sp³-hybridized carbons (Fsp3) is 0.600. The quantitative estimate of drug-likeness (QED) is 0.426. The average Bonchev–Trinajstić information content (AvgIpc) is 2.46. The summed E-state index contributed by atoms with van der Waals surface area (Å²) in [5, 5.41) is 0. The number of carbonyl (C=O) groups excluding carboxylic acids is 6. The van der Waals surface area contributed by atoms with Gasteiger partial charge < -0.3 is 31.6 Å². The number of nitrogens with one attached hydrogen (secondary N) is 3. The van der Waals surface area contributed by atoms with Crippen LogP contribution in [-0.4, -0.2) is 35.1 Å². The number of hydrogen-bond acceptors (Lipinski definition) is 6. The molecule has 0 atom stereocenters. The van der Waals surface area contributed by atoms with Crippen LogP contribution in [0.2, 0.25) is 0 Å². The minimum absolute atomic E-state index is 0. The molecule has 0 spiro atoms. The molecule has 9 nitrogen and oxygen atoms in total. The van der Waals surface area contributed by atoms with Gasteiger partial charge in [0.1, 0.15) is 17.3 Å². The Kier molecular flexibility index (Phi) is 24.6. The van der Waals surface area contributed by atoms with Gasteiger partial charge in [-0.1, -0.05) is 20.8 Å². The van der Waals surface area contributed by atoms with Gasteiger partial charge in [0, 0.05) is 38.5 Å². The van der Waals surface area contributed by atoms with Crippen molar-refractivity contribution in [2.45, 2.75) is 59.3 Å². The Morgan fingerprint density at radius 3 is 0.720 bits per heavy atom. The number of rotatable bonds is 9. The largest absolute Gasteiger partial charge is 3.00 e. The van der Waals surface area contributed by atoms with Crippen LogP contribution in [0.5, 0.6) is 0 Å². The third-order valence-electron chi connectivity index (χ3n) is 2.26. The zero-order chi connectivity index (χ0) is 19.7. The molecule has 3 N–H and O–H groups in total. The van der Waals surface area contributed by atoms with E-state index in [1.807, 2.05) is 0 Å². The first-order chi connectivity index (χ1) is 11.0. The van der Waals surface area contributed by atoms with Crippen LogP contribution in [0.4, 0.5) is 0 Å². The van der Waals surface area contributed by atoms with E-state index in [1.54, 1.807) is 20.8 Å². The Hall–Kier alpha value is -2.06. The van der Waals surface area contributed by atoms with Crippen molar-refractivity contribution in [1.29, 1.82) is 0 Å². The fourth-order valence-corrected chi connectivity index (χ4v) is 0.912. The first kappa shape index (κ1) is 30.8. The molecule has 0 bridgehead atoms. The summed E-state index contributed by atoms with van der Waals surface area (Å²) < 4.78 is 0. The molecule has 0 unspecified atom stereocenters. The predicted molar refractivity (Wildman–Crippen MR) is 87.7 cm³/mol. The van der Waals surface area contributed by atoms with Gasteiger partial charge in [0.15, 0.2) is 0 Å². The van der Waals surface area contributed by atoms with Crippen LogP contribution in [0.1, 0.15) is 59.3 Å². The maximum absolute atomic E-state index is 10.3. The number of hydrogen-bond donors (Lipinski definition) is 0. The van der Waals surface area contributed by atoms with Crippen molar-refractivity contribution in [2.75, 3.05) is 0 Å². The molecule has 3 amide bonds. The SMILES string of the molecule is CCC(=O)CC([NH-])=O.CCC(=O)CC([NH-])=O.CCC(=O)CC([NH-])=O.[Fe+3]. The second kappa shape index (κ2) is 20.0. The molecule has 0 saturated carbocycles. The van der Waals surface area contributed by atoms with E-state index in [2.05, 4.69) is 0 Å². The van der Waals surface area contributed by atoms with Gasteiger partial charge in [-0.25, -0.2) is 0 Å². The number of amides is 3. The van der Waals surface area contributed by atoms with E-state index < -0.39 is 17.7 Å². The molecule has 0 aliphatic heterocycles. The average molecular weight is 398 g/mol. The molecule has 0 aromatic rings. The van der Waals surface area contributed by atoms with Gasteiger partial charge in [0.2, 0.25) is 0 Å². The minimum Gasteiger partial charge on any atom is -0.667 e. The summed E-state index contributed by atoms with van der Waals surface area (Å²) in [6, 6.07) is 0. The third-order valence-corrected chi connectivity index (χ3v) is 2.26. The predicted octanol–water partition coefficient (Wildman–Crippen LogP) is 2.80. The summed E-state index contributed by atoms with van der Waals surface area (Å²) in [4.78, 5) is 60.4. The van der Waals surface area contributed by atoms with Crippen LogP contribution in [0.25, 0.3) is 17.2 Å². The summed E-state index contributed by atoms with van der Waals surface area (Å²) in [5.41, 5.74) is 19.1. The second-order valence-electron chi connectivity index (χ2n) is 4.48. The van der Waals surface area contributed by atoms with E-state index >= 15 is 0 Å². The number of carbonyl (C=O) groups is 6. The summed E-state index contributed by atoms with van der Waals surface area (Å²) >= 11 is 0. The molecule has 0 aromatic carbocycles. The first-order valence-electron chi connectivity index (χ1n) is 7.28. The maximum Gasteiger partial charge on any atom is 3.00 e. The molecule has 0 aliphatic carbocycles. The molecule has 0 aliphatic rings. The van der Waals surface area contributed by atoms with Crippen LogP contribution < -0.4 is 0 Å². The zero-order valence-corrected chi connectivity index (χ0v) is 15.6. The monoisotopic (exact) mass is 398 g/mol. The first-order valence-corrected chi connectivity index (χ1v) is 7.28. The van der Waals surface area contributed by atoms with E-state index in [0.29, 0.717) is 19.3 Å². The molecular weight excluding hydrogens is 374 g/mol. The smallest absolute Gasteiger partial charge is 0.667 e. The number of Topliss-reactive ketones (excluding diaryl/α,β-unsaturated/α-hetero) is 3. The topological polar surface area (TPSA) is 174 Å². The van der Waals surface area contributed by atoms with Crippen molar-refractivity contribution < 1.29 is 45.8 Å². The van der Waals surface area contributed by atoms with Crippen LogP contribution in [0.15, 0.2) is 0 Å². The van der Waals surface area contributed by atoms with Gasteiger partial charge in [0.05, 0.1) is 17.7 Å². The standard InChI is InChI=1S/3C5H9NO2.Fe/c3*1-2-4(7)3-5(6)8;/h3*2-3H2,1H3,(H2,6,8);/q;;;+3/p-3. The second-order valence-corrected chi connectivity index (χ2v) is 4.48. The summed E-state index contributed by atoms with van der Waals surface area (Å²) in [6.45, 7) is 5.02. The molecule has 0 saturated heterocycles. The van der Waals surface area contributed by atoms with Crippen molar-refractivity contribution in [2.24, 2.45) is 0 Å². The molecule has 0 rings (SSSR count). The Morgan fingerprint density at radius 2 is 0.680 bits per heavy atom. The van der Waals surface area contributed by atoms with Gasteiger partial charge in [-0.15, -0.1) is 0 Å². The van der Waals surface area contributed by atoms with Crippen molar-refractivity contribution in [3.8, 4) is 0 Å². The van der Waals surface area contributed by atoms with Gasteiger partial charge >= 0.3 is 17.1 Å². The summed E-state index contributed by atoms with van der Waals surface area (Å²) in [5.74, 6) is -2.87. The zero-order valence-electron chi connectivity index (χ0n) is 14.5. The van der Waals surface area contributed by atoms with Gasteiger partial charge in [-0.05, 0) is 0 Å². The van der Waals surface area contributed by atoms with E-state index in [4.69, 9.17) is 17.2 Å². The van der Waals surface area contributed by atoms with Crippen molar-refractivity contribution in [1.82, 2.24) is 0 Å². The van der Waals surface area contributed by atoms with Crippen molar-refractivity contribution in [3.63, 3.8) is 0 Å². The molecule has 1 radical (unpaired) electrons. The summed E-state index contributed by atoms with van der Waals surface area (Å²) in [6.07, 6.45) is 0.378. The normalized spacial score (nSPS) is 8.28. The van der Waals surface area contributed by atoms with E-state index in [1.165, 1.54) is 0 Å². The minimum atomic E-state index is -0.795. The molecular formula is C15H24FeN3O6. The van der Waals surface area contributed by atoms with Gasteiger partial charge in [0.25, 0.3) is 0 Å². The molecule has 0 fully saturated rings. The van der Waals surface area contributed by atoms with Gasteiger partial charge in [-0.3, -0.25) is 14.4 Å². The van der Waals surface area contributed by atoms with Gasteiger partial charge in [-0.2, -0.15) is 0 Å². The van der Waals surface area contributed by atoms with Crippen LogP contribution >= 0.6 is 0 Å². The van der Waals surface area contributed by atoms with Crippen LogP contribution in [-0.2, 0) is 45.8 Å². The van der Waals surface area contributed by atoms with E-state index in [-0.39, 0.29) is 53.7 Å². The van der Waals surface area contributed by atoms with E-state index in [9.17, 15) is 28.8 Å². The van der Waals surface area contributed by atoms with Crippen molar-refractivity contribution in [3.05, 3.63) is 17.2 Å². The van der Waals surface area contributed by atoms with Crippen LogP contribution in [0, 0.1) is 0 Å². The van der Waals surface area contributed by atoms with Crippen molar-refractivity contribution >= 4 is 35.1 Å². The molecule has 143 valence electrons. The molecule has 10 heteroatoms. The third kappa shape index (κ3) is 34.3. The molecule has 25 heavy (non-hydrogen) atoms. The summed E-state index contributed by atoms with van der Waals surface area (Å²) in [7, 11) is 0.